The number of nitrogens with one attached hydrogen (secondary N) is 1. The second kappa shape index (κ2) is 6.29. The molecular weight excluding hydrogens is 316 g/mol. The van der Waals surface area contributed by atoms with Gasteiger partial charge in [0, 0.05) is 19.2 Å². The lowest BCUT2D eigenvalue weighted by atomic mass is 9.92. The minimum atomic E-state index is -1.16. The van der Waals surface area contributed by atoms with Gasteiger partial charge in [0.25, 0.3) is 0 Å². The number of aliphatic hydroxyl groups is 1. The first-order valence-electron chi connectivity index (χ1n) is 6.37. The van der Waals surface area contributed by atoms with E-state index in [0.29, 0.717) is 9.99 Å². The summed E-state index contributed by atoms with van der Waals surface area (Å²) in [5, 5.41) is 21.0. The van der Waals surface area contributed by atoms with Crippen LogP contribution in [0.1, 0.15) is 13.3 Å². The van der Waals surface area contributed by atoms with E-state index in [-0.39, 0.29) is 29.3 Å². The lowest BCUT2D eigenvalue weighted by molar-refractivity contribution is -0.156. The Morgan fingerprint density at radius 1 is 1.52 bits per heavy atom. The summed E-state index contributed by atoms with van der Waals surface area (Å²) in [7, 11) is 1.54. The molecule has 0 bridgehead atoms. The number of amides is 2. The number of carbonyl (C=O) groups is 3. The van der Waals surface area contributed by atoms with Gasteiger partial charge < -0.3 is 15.5 Å². The average molecular weight is 332 g/mol. The summed E-state index contributed by atoms with van der Waals surface area (Å²) >= 11 is 2.52. The van der Waals surface area contributed by atoms with Crippen molar-refractivity contribution >= 4 is 41.3 Å². The normalized spacial score (nSPS) is 25.5. The van der Waals surface area contributed by atoms with E-state index in [1.54, 1.807) is 0 Å². The van der Waals surface area contributed by atoms with Gasteiger partial charge in [0.15, 0.2) is 5.70 Å². The molecule has 2 rings (SSSR count). The van der Waals surface area contributed by atoms with Gasteiger partial charge in [-0.05, 0) is 6.92 Å². The zero-order valence-electron chi connectivity index (χ0n) is 11.5. The third-order valence-corrected chi connectivity index (χ3v) is 5.97. The fourth-order valence-corrected chi connectivity index (χ4v) is 5.15. The molecule has 0 radical (unpaired) electrons. The number of aliphatic hydroxyl groups excluding tert-OH is 1. The van der Waals surface area contributed by atoms with Crippen LogP contribution in [-0.2, 0) is 14.4 Å². The lowest BCUT2D eigenvalue weighted by Gasteiger charge is -2.43. The highest BCUT2D eigenvalue weighted by Crippen LogP contribution is 2.53. The lowest BCUT2D eigenvalue weighted by Crippen LogP contribution is -2.60. The van der Waals surface area contributed by atoms with Crippen LogP contribution in [0.15, 0.2) is 9.93 Å². The summed E-state index contributed by atoms with van der Waals surface area (Å²) in [5.74, 6) is -1.77. The molecule has 0 aromatic heterocycles. The molecule has 1 fully saturated rings. The summed E-state index contributed by atoms with van der Waals surface area (Å²) in [6.07, 6.45) is -0.534. The number of carbonyl (C=O) groups excluding carboxylic acids is 2. The number of aliphatic carboxylic acids is 1. The number of carboxylic acid groups (broad SMARTS) is 1. The van der Waals surface area contributed by atoms with Gasteiger partial charge in [0.05, 0.1) is 16.3 Å². The van der Waals surface area contributed by atoms with E-state index in [4.69, 9.17) is 0 Å². The Morgan fingerprint density at radius 3 is 2.71 bits per heavy atom. The van der Waals surface area contributed by atoms with E-state index >= 15 is 0 Å². The fourth-order valence-electron chi connectivity index (χ4n) is 2.21. The second-order valence-corrected chi connectivity index (χ2v) is 7.19. The number of thioether (sulfide) groups is 2. The Kier molecular flexibility index (Phi) is 4.84. The maximum Gasteiger partial charge on any atom is 0.354 e. The van der Waals surface area contributed by atoms with Crippen molar-refractivity contribution in [1.82, 2.24) is 10.2 Å². The zero-order valence-corrected chi connectivity index (χ0v) is 13.2. The molecule has 2 heterocycles. The molecule has 0 aliphatic carbocycles. The van der Waals surface area contributed by atoms with Gasteiger partial charge in [0.2, 0.25) is 11.8 Å². The van der Waals surface area contributed by atoms with E-state index in [1.807, 2.05) is 0 Å². The summed E-state index contributed by atoms with van der Waals surface area (Å²) in [6, 6.07) is 0. The van der Waals surface area contributed by atoms with Crippen molar-refractivity contribution in [2.45, 2.75) is 24.8 Å². The zero-order chi connectivity index (χ0) is 15.7. The molecule has 0 spiro atoms. The van der Waals surface area contributed by atoms with Crippen molar-refractivity contribution in [3.63, 3.8) is 0 Å². The van der Waals surface area contributed by atoms with Crippen molar-refractivity contribution in [2.24, 2.45) is 5.92 Å². The Hall–Kier alpha value is -1.19. The molecule has 0 saturated carbocycles. The van der Waals surface area contributed by atoms with Crippen LogP contribution in [0.25, 0.3) is 0 Å². The first-order valence-corrected chi connectivity index (χ1v) is 8.23. The van der Waals surface area contributed by atoms with Gasteiger partial charge in [-0.15, -0.1) is 11.8 Å². The smallest absolute Gasteiger partial charge is 0.354 e. The topological polar surface area (TPSA) is 107 Å². The summed E-state index contributed by atoms with van der Waals surface area (Å²) in [6.45, 7) is 1.53. The number of hydrogen-bond donors (Lipinski definition) is 3. The van der Waals surface area contributed by atoms with Crippen molar-refractivity contribution in [1.29, 1.82) is 0 Å². The van der Waals surface area contributed by atoms with E-state index in [1.165, 1.54) is 42.4 Å². The third kappa shape index (κ3) is 2.90. The number of fused-ring (bicyclic) bond motifs is 1. The van der Waals surface area contributed by atoms with Crippen LogP contribution in [-0.4, -0.2) is 57.2 Å². The van der Waals surface area contributed by atoms with Crippen LogP contribution in [0.3, 0.4) is 0 Å². The first kappa shape index (κ1) is 16.2. The molecular formula is C12H16N2O5S2. The standard InChI is InChI=1S/C12H16N2O5S2/c1-5(15)7-9(17)14-8(11(18)19)12(21-10(7)14)20-4-3-6(16)13-2/h5,7,10,15H,3-4H2,1-2H3,(H,13,16)(H,18,19)/t5?,7-,10+/m0/s1. The third-order valence-electron chi connectivity index (χ3n) is 3.31. The maximum absolute atomic E-state index is 12.0. The van der Waals surface area contributed by atoms with E-state index < -0.39 is 18.0 Å². The number of carboxylic acids is 1. The van der Waals surface area contributed by atoms with Gasteiger partial charge in [-0.1, -0.05) is 11.8 Å². The summed E-state index contributed by atoms with van der Waals surface area (Å²) in [4.78, 5) is 35.7. The van der Waals surface area contributed by atoms with E-state index in [2.05, 4.69) is 5.32 Å². The van der Waals surface area contributed by atoms with Crippen molar-refractivity contribution < 1.29 is 24.6 Å². The molecule has 9 heteroatoms. The van der Waals surface area contributed by atoms with Gasteiger partial charge >= 0.3 is 5.97 Å². The first-order chi connectivity index (χ1) is 9.88. The molecule has 0 aromatic carbocycles. The Balaban J connectivity index is 2.08. The Morgan fingerprint density at radius 2 is 2.19 bits per heavy atom. The Labute approximate surface area is 130 Å². The minimum absolute atomic E-state index is 0.0335. The second-order valence-electron chi connectivity index (χ2n) is 4.70. The summed E-state index contributed by atoms with van der Waals surface area (Å²) < 4.78 is 0.521. The number of β-lactam (4-membered cyclic amide) rings is 1. The molecule has 1 saturated heterocycles. The molecule has 2 aliphatic heterocycles. The molecule has 2 amide bonds. The van der Waals surface area contributed by atoms with Crippen LogP contribution < -0.4 is 5.32 Å². The number of nitrogens with zero attached hydrogens (tertiary/aromatic N) is 1. The highest BCUT2D eigenvalue weighted by Gasteiger charge is 2.57. The largest absolute Gasteiger partial charge is 0.477 e. The van der Waals surface area contributed by atoms with Crippen molar-refractivity contribution in [3.8, 4) is 0 Å². The van der Waals surface area contributed by atoms with Crippen LogP contribution in [0.2, 0.25) is 0 Å². The van der Waals surface area contributed by atoms with Crippen molar-refractivity contribution in [2.75, 3.05) is 12.8 Å². The Bertz CT molecular complexity index is 520. The van der Waals surface area contributed by atoms with Gasteiger partial charge in [0.1, 0.15) is 5.37 Å². The quantitative estimate of drug-likeness (QED) is 0.589. The van der Waals surface area contributed by atoms with Crippen LogP contribution >= 0.6 is 23.5 Å². The number of rotatable bonds is 6. The molecule has 7 nitrogen and oxygen atoms in total. The molecule has 116 valence electrons. The fraction of sp³-hybridized carbons (Fsp3) is 0.583. The molecule has 2 aliphatic rings. The predicted octanol–water partition coefficient (Wildman–Crippen LogP) is 0.0215. The highest BCUT2D eigenvalue weighted by molar-refractivity contribution is 8.22. The van der Waals surface area contributed by atoms with Gasteiger partial charge in [-0.3, -0.25) is 14.5 Å². The number of hydrogen-bond acceptors (Lipinski definition) is 6. The highest BCUT2D eigenvalue weighted by atomic mass is 32.2. The molecule has 0 aromatic rings. The summed E-state index contributed by atoms with van der Waals surface area (Å²) in [5.41, 5.74) is -0.0335. The SMILES string of the molecule is CNC(=O)CCSC1=C(C(=O)O)N2C(=O)[C@H](C(C)O)[C@H]2S1. The molecule has 3 N–H and O–H groups in total. The molecule has 1 unspecified atom stereocenters. The van der Waals surface area contributed by atoms with Crippen LogP contribution in [0.5, 0.6) is 0 Å². The van der Waals surface area contributed by atoms with Gasteiger partial charge in [-0.2, -0.15) is 0 Å². The predicted molar refractivity (Wildman–Crippen MR) is 79.2 cm³/mol. The van der Waals surface area contributed by atoms with Crippen LogP contribution in [0.4, 0.5) is 0 Å². The van der Waals surface area contributed by atoms with Crippen LogP contribution in [0, 0.1) is 5.92 Å². The minimum Gasteiger partial charge on any atom is -0.477 e. The molecule has 21 heavy (non-hydrogen) atoms. The van der Waals surface area contributed by atoms with E-state index in [0.717, 1.165) is 0 Å². The monoisotopic (exact) mass is 332 g/mol. The molecule has 3 atom stereocenters. The average Bonchev–Trinajstić information content (AvgIpc) is 2.72. The van der Waals surface area contributed by atoms with Crippen molar-refractivity contribution in [3.05, 3.63) is 9.93 Å². The van der Waals surface area contributed by atoms with Gasteiger partial charge in [-0.25, -0.2) is 4.79 Å². The van der Waals surface area contributed by atoms with E-state index in [9.17, 15) is 24.6 Å². The maximum atomic E-state index is 12.0.